The van der Waals surface area contributed by atoms with E-state index in [9.17, 15) is 17.6 Å². The minimum Gasteiger partial charge on any atom is -0.241 e. The van der Waals surface area contributed by atoms with E-state index in [4.69, 9.17) is 11.6 Å². The molecule has 0 spiro atoms. The highest BCUT2D eigenvalue weighted by Gasteiger charge is 2.34. The van der Waals surface area contributed by atoms with E-state index < -0.39 is 17.6 Å². The molecule has 0 aliphatic carbocycles. The normalized spacial score (nSPS) is 11.8. The third kappa shape index (κ3) is 4.70. The molecule has 3 rings (SSSR count). The van der Waals surface area contributed by atoms with E-state index in [2.05, 4.69) is 11.1 Å². The molecule has 0 saturated heterocycles. The highest BCUT2D eigenvalue weighted by atomic mass is 35.5. The first-order valence-electron chi connectivity index (χ1n) is 8.30. The molecule has 3 aromatic rings. The quantitative estimate of drug-likeness (QED) is 0.227. The summed E-state index contributed by atoms with van der Waals surface area (Å²) in [5.74, 6) is -0.145. The van der Waals surface area contributed by atoms with Crippen LogP contribution >= 0.6 is 34.7 Å². The standard InChI is InChI=1S/C20H16ClF4NS2/c1-11-7-15(5-3-14(11)9-21)27-10-18-12(2)26-19(28-18)13-4-6-16(17(22)8-13)20(23,24)25/h3-8H,9-10H2,1-2H3. The predicted octanol–water partition coefficient (Wildman–Crippen LogP) is 7.62. The Morgan fingerprint density at radius 1 is 1.11 bits per heavy atom. The van der Waals surface area contributed by atoms with Crippen LogP contribution < -0.4 is 0 Å². The third-order valence-corrected chi connectivity index (χ3v) is 6.94. The lowest BCUT2D eigenvalue weighted by molar-refractivity contribution is -0.139. The molecule has 0 aliphatic rings. The Bertz CT molecular complexity index is 998. The van der Waals surface area contributed by atoms with Crippen LogP contribution in [0.15, 0.2) is 41.3 Å². The summed E-state index contributed by atoms with van der Waals surface area (Å²) in [4.78, 5) is 6.51. The zero-order valence-electron chi connectivity index (χ0n) is 15.0. The van der Waals surface area contributed by atoms with Crippen molar-refractivity contribution < 1.29 is 17.6 Å². The average Bonchev–Trinajstić information content (AvgIpc) is 2.99. The summed E-state index contributed by atoms with van der Waals surface area (Å²) in [6.07, 6.45) is -4.71. The van der Waals surface area contributed by atoms with Crippen LogP contribution in [0, 0.1) is 19.7 Å². The van der Waals surface area contributed by atoms with E-state index in [1.165, 1.54) is 17.4 Å². The summed E-state index contributed by atoms with van der Waals surface area (Å²) in [7, 11) is 0. The second-order valence-corrected chi connectivity index (χ2v) is 8.63. The second kappa shape index (κ2) is 8.43. The van der Waals surface area contributed by atoms with Crippen molar-refractivity contribution in [2.45, 2.75) is 36.6 Å². The van der Waals surface area contributed by atoms with Gasteiger partial charge in [0.05, 0.1) is 11.3 Å². The van der Waals surface area contributed by atoms with Gasteiger partial charge < -0.3 is 0 Å². The Labute approximate surface area is 173 Å². The van der Waals surface area contributed by atoms with Crippen LogP contribution in [0.5, 0.6) is 0 Å². The summed E-state index contributed by atoms with van der Waals surface area (Å²) >= 11 is 8.89. The van der Waals surface area contributed by atoms with E-state index in [0.717, 1.165) is 38.7 Å². The van der Waals surface area contributed by atoms with Gasteiger partial charge in [0.15, 0.2) is 0 Å². The van der Waals surface area contributed by atoms with E-state index >= 15 is 0 Å². The molecule has 1 heterocycles. The number of nitrogens with zero attached hydrogens (tertiary/aromatic N) is 1. The van der Waals surface area contributed by atoms with Crippen molar-refractivity contribution in [1.29, 1.82) is 0 Å². The fourth-order valence-electron chi connectivity index (χ4n) is 2.62. The second-order valence-electron chi connectivity index (χ2n) is 6.23. The van der Waals surface area contributed by atoms with Crippen molar-refractivity contribution in [1.82, 2.24) is 4.98 Å². The fourth-order valence-corrected chi connectivity index (χ4v) is 5.12. The van der Waals surface area contributed by atoms with Crippen LogP contribution in [0.3, 0.4) is 0 Å². The molecule has 1 aromatic heterocycles. The number of thiazole rings is 1. The van der Waals surface area contributed by atoms with Crippen molar-refractivity contribution in [2.24, 2.45) is 0 Å². The molecule has 0 atom stereocenters. The van der Waals surface area contributed by atoms with Gasteiger partial charge in [0.2, 0.25) is 0 Å². The number of aromatic nitrogens is 1. The fraction of sp³-hybridized carbons (Fsp3) is 0.250. The van der Waals surface area contributed by atoms with Crippen molar-refractivity contribution in [2.75, 3.05) is 0 Å². The number of thioether (sulfide) groups is 1. The molecule has 2 aromatic carbocycles. The Morgan fingerprint density at radius 2 is 1.86 bits per heavy atom. The van der Waals surface area contributed by atoms with E-state index in [0.29, 0.717) is 22.2 Å². The maximum Gasteiger partial charge on any atom is 0.419 e. The molecule has 1 nitrogen and oxygen atoms in total. The number of aryl methyl sites for hydroxylation is 2. The topological polar surface area (TPSA) is 12.9 Å². The Kier molecular flexibility index (Phi) is 6.37. The molecule has 0 unspecified atom stereocenters. The van der Waals surface area contributed by atoms with E-state index in [1.807, 2.05) is 26.0 Å². The molecule has 0 saturated carbocycles. The first-order chi connectivity index (χ1) is 13.2. The number of alkyl halides is 4. The van der Waals surface area contributed by atoms with Crippen LogP contribution in [0.4, 0.5) is 17.6 Å². The number of rotatable bonds is 5. The Balaban J connectivity index is 1.78. The van der Waals surface area contributed by atoms with Crippen molar-refractivity contribution in [3.8, 4) is 10.6 Å². The molecular weight excluding hydrogens is 430 g/mol. The van der Waals surface area contributed by atoms with Crippen LogP contribution in [0.2, 0.25) is 0 Å². The van der Waals surface area contributed by atoms with Crippen LogP contribution in [0.25, 0.3) is 10.6 Å². The summed E-state index contributed by atoms with van der Waals surface area (Å²) < 4.78 is 52.0. The van der Waals surface area contributed by atoms with Gasteiger partial charge in [-0.3, -0.25) is 0 Å². The maximum absolute atomic E-state index is 13.9. The van der Waals surface area contributed by atoms with Gasteiger partial charge in [0, 0.05) is 27.0 Å². The number of benzene rings is 2. The van der Waals surface area contributed by atoms with Crippen LogP contribution in [-0.4, -0.2) is 4.98 Å². The van der Waals surface area contributed by atoms with Gasteiger partial charge in [-0.15, -0.1) is 34.7 Å². The molecule has 0 fully saturated rings. The van der Waals surface area contributed by atoms with E-state index in [-0.39, 0.29) is 0 Å². The monoisotopic (exact) mass is 445 g/mol. The predicted molar refractivity (Wildman–Crippen MR) is 108 cm³/mol. The van der Waals surface area contributed by atoms with Gasteiger partial charge in [-0.1, -0.05) is 12.1 Å². The highest BCUT2D eigenvalue weighted by molar-refractivity contribution is 7.98. The smallest absolute Gasteiger partial charge is 0.241 e. The molecule has 8 heteroatoms. The lowest BCUT2D eigenvalue weighted by Gasteiger charge is -2.08. The molecular formula is C20H16ClF4NS2. The number of halogens is 5. The molecule has 0 aliphatic heterocycles. The average molecular weight is 446 g/mol. The van der Waals surface area contributed by atoms with Gasteiger partial charge in [-0.2, -0.15) is 13.2 Å². The minimum atomic E-state index is -4.71. The highest BCUT2D eigenvalue weighted by Crippen LogP contribution is 2.36. The summed E-state index contributed by atoms with van der Waals surface area (Å²) in [6, 6.07) is 9.00. The van der Waals surface area contributed by atoms with Gasteiger partial charge in [-0.25, -0.2) is 9.37 Å². The lowest BCUT2D eigenvalue weighted by atomic mass is 10.1. The van der Waals surface area contributed by atoms with Crippen LogP contribution in [-0.2, 0) is 17.8 Å². The molecule has 0 amide bonds. The maximum atomic E-state index is 13.9. The molecule has 28 heavy (non-hydrogen) atoms. The van der Waals surface area contributed by atoms with Gasteiger partial charge >= 0.3 is 6.18 Å². The largest absolute Gasteiger partial charge is 0.419 e. The van der Waals surface area contributed by atoms with Crippen molar-refractivity contribution in [3.63, 3.8) is 0 Å². The van der Waals surface area contributed by atoms with E-state index in [1.54, 1.807) is 11.8 Å². The van der Waals surface area contributed by atoms with Crippen molar-refractivity contribution in [3.05, 3.63) is 69.5 Å². The number of hydrogen-bond acceptors (Lipinski definition) is 3. The first-order valence-corrected chi connectivity index (χ1v) is 10.6. The number of hydrogen-bond donors (Lipinski definition) is 0. The van der Waals surface area contributed by atoms with Gasteiger partial charge in [0.1, 0.15) is 10.8 Å². The Morgan fingerprint density at radius 3 is 2.46 bits per heavy atom. The van der Waals surface area contributed by atoms with Gasteiger partial charge in [0.25, 0.3) is 0 Å². The van der Waals surface area contributed by atoms with Crippen LogP contribution in [0.1, 0.15) is 27.3 Å². The Hall–Kier alpha value is -1.57. The zero-order valence-corrected chi connectivity index (χ0v) is 17.4. The molecule has 0 radical (unpaired) electrons. The molecule has 0 N–H and O–H groups in total. The first kappa shape index (κ1) is 21.1. The summed E-state index contributed by atoms with van der Waals surface area (Å²) in [5, 5.41) is 0.509. The summed E-state index contributed by atoms with van der Waals surface area (Å²) in [5.41, 5.74) is 2.09. The van der Waals surface area contributed by atoms with Crippen molar-refractivity contribution >= 4 is 34.7 Å². The summed E-state index contributed by atoms with van der Waals surface area (Å²) in [6.45, 7) is 3.86. The zero-order chi connectivity index (χ0) is 20.5. The lowest BCUT2D eigenvalue weighted by Crippen LogP contribution is -2.07. The SMILES string of the molecule is Cc1cc(SCc2sc(-c3ccc(C(F)(F)F)c(F)c3)nc2C)ccc1CCl. The minimum absolute atomic E-state index is 0.345. The molecule has 0 bridgehead atoms. The molecule has 148 valence electrons. The third-order valence-electron chi connectivity index (χ3n) is 4.24. The van der Waals surface area contributed by atoms with Gasteiger partial charge in [-0.05, 0) is 49.2 Å².